The Balaban J connectivity index is 1.68. The average Bonchev–Trinajstić information content (AvgIpc) is 3.11. The van der Waals surface area contributed by atoms with Crippen LogP contribution in [-0.4, -0.2) is 14.5 Å². The van der Waals surface area contributed by atoms with Crippen molar-refractivity contribution >= 4 is 11.2 Å². The molecule has 0 atom stereocenters. The summed E-state index contributed by atoms with van der Waals surface area (Å²) in [6.45, 7) is 5.03. The van der Waals surface area contributed by atoms with Crippen LogP contribution in [-0.2, 0) is 13.0 Å². The van der Waals surface area contributed by atoms with Crippen molar-refractivity contribution in [1.82, 2.24) is 14.5 Å². The van der Waals surface area contributed by atoms with Crippen LogP contribution in [0.4, 0.5) is 0 Å². The van der Waals surface area contributed by atoms with Gasteiger partial charge in [0.25, 0.3) is 0 Å². The van der Waals surface area contributed by atoms with E-state index in [0.717, 1.165) is 59.5 Å². The zero-order chi connectivity index (χ0) is 20.2. The van der Waals surface area contributed by atoms with Gasteiger partial charge in [-0.15, -0.1) is 0 Å². The largest absolute Gasteiger partial charge is 0.308 e. The molecule has 2 aromatic heterocycles. The first-order valence-corrected chi connectivity index (χ1v) is 10.1. The second-order valence-electron chi connectivity index (χ2n) is 7.37. The third-order valence-corrected chi connectivity index (χ3v) is 5.32. The number of hydrogen-bond donors (Lipinski definition) is 0. The summed E-state index contributed by atoms with van der Waals surface area (Å²) in [5, 5.41) is 9.36. The molecule has 0 amide bonds. The summed E-state index contributed by atoms with van der Waals surface area (Å²) < 4.78 is 2.25. The lowest BCUT2D eigenvalue weighted by Gasteiger charge is -2.10. The highest BCUT2D eigenvalue weighted by atomic mass is 15.1. The molecule has 0 bridgehead atoms. The number of nitriles is 1. The Labute approximate surface area is 171 Å². The van der Waals surface area contributed by atoms with E-state index in [-0.39, 0.29) is 0 Å². The van der Waals surface area contributed by atoms with Crippen LogP contribution < -0.4 is 0 Å². The number of pyridine rings is 1. The van der Waals surface area contributed by atoms with Crippen LogP contribution in [0.3, 0.4) is 0 Å². The number of aromatic nitrogens is 3. The number of benzene rings is 2. The summed E-state index contributed by atoms with van der Waals surface area (Å²) in [5.74, 6) is 1.10. The van der Waals surface area contributed by atoms with Crippen LogP contribution >= 0.6 is 0 Å². The monoisotopic (exact) mass is 380 g/mol. The third kappa shape index (κ3) is 3.77. The second kappa shape index (κ2) is 8.28. The van der Waals surface area contributed by atoms with Crippen LogP contribution in [0.25, 0.3) is 22.3 Å². The molecule has 0 fully saturated rings. The van der Waals surface area contributed by atoms with Crippen molar-refractivity contribution < 1.29 is 0 Å². The highest BCUT2D eigenvalue weighted by Crippen LogP contribution is 2.25. The standard InChI is InChI=1S/C25H24N4/c1-3-4-9-23-28-24-18(2)14-15-27-25(24)29(23)17-19-10-12-20(13-11-19)22-8-6-5-7-21(22)16-26/h5-8,10-15H,3-4,9,17H2,1-2H3. The van der Waals surface area contributed by atoms with E-state index in [1.807, 2.05) is 36.5 Å². The quantitative estimate of drug-likeness (QED) is 0.433. The van der Waals surface area contributed by atoms with Crippen molar-refractivity contribution in [2.45, 2.75) is 39.7 Å². The predicted molar refractivity (Wildman–Crippen MR) is 117 cm³/mol. The lowest BCUT2D eigenvalue weighted by Crippen LogP contribution is -2.06. The van der Waals surface area contributed by atoms with E-state index >= 15 is 0 Å². The Morgan fingerprint density at radius 2 is 1.83 bits per heavy atom. The van der Waals surface area contributed by atoms with E-state index in [4.69, 9.17) is 4.98 Å². The average molecular weight is 380 g/mol. The predicted octanol–water partition coefficient (Wildman–Crippen LogP) is 5.67. The molecule has 144 valence electrons. The van der Waals surface area contributed by atoms with Crippen LogP contribution in [0.2, 0.25) is 0 Å². The van der Waals surface area contributed by atoms with Crippen molar-refractivity contribution in [3.63, 3.8) is 0 Å². The molecule has 0 saturated carbocycles. The first-order valence-electron chi connectivity index (χ1n) is 10.1. The number of imidazole rings is 1. The second-order valence-corrected chi connectivity index (χ2v) is 7.37. The molecule has 0 saturated heterocycles. The van der Waals surface area contributed by atoms with E-state index in [1.54, 1.807) is 0 Å². The molecule has 29 heavy (non-hydrogen) atoms. The Hall–Kier alpha value is -3.45. The Kier molecular flexibility index (Phi) is 5.39. The maximum absolute atomic E-state index is 9.36. The number of hydrogen-bond acceptors (Lipinski definition) is 3. The summed E-state index contributed by atoms with van der Waals surface area (Å²) in [6.07, 6.45) is 5.08. The molecule has 0 aliphatic heterocycles. The van der Waals surface area contributed by atoms with Gasteiger partial charge in [-0.3, -0.25) is 0 Å². The van der Waals surface area contributed by atoms with Crippen molar-refractivity contribution in [2.24, 2.45) is 0 Å². The fourth-order valence-corrected chi connectivity index (χ4v) is 3.68. The van der Waals surface area contributed by atoms with Gasteiger partial charge in [0.05, 0.1) is 18.2 Å². The minimum absolute atomic E-state index is 0.697. The molecule has 2 heterocycles. The van der Waals surface area contributed by atoms with E-state index < -0.39 is 0 Å². The molecule has 2 aromatic carbocycles. The van der Waals surface area contributed by atoms with E-state index in [1.165, 1.54) is 5.56 Å². The molecule has 0 radical (unpaired) electrons. The van der Waals surface area contributed by atoms with Crippen LogP contribution in [0.15, 0.2) is 60.8 Å². The number of unbranched alkanes of at least 4 members (excludes halogenated alkanes) is 1. The van der Waals surface area contributed by atoms with Crippen LogP contribution in [0.5, 0.6) is 0 Å². The first-order chi connectivity index (χ1) is 14.2. The fourth-order valence-electron chi connectivity index (χ4n) is 3.68. The normalized spacial score (nSPS) is 10.9. The van der Waals surface area contributed by atoms with Crippen molar-refractivity contribution in [3.8, 4) is 17.2 Å². The molecular weight excluding hydrogens is 356 g/mol. The highest BCUT2D eigenvalue weighted by Gasteiger charge is 2.14. The van der Waals surface area contributed by atoms with Crippen LogP contribution in [0, 0.1) is 18.3 Å². The van der Waals surface area contributed by atoms with E-state index in [9.17, 15) is 5.26 Å². The maximum Gasteiger partial charge on any atom is 0.160 e. The Bertz CT molecular complexity index is 1180. The van der Waals surface area contributed by atoms with Gasteiger partial charge in [0, 0.05) is 12.6 Å². The topological polar surface area (TPSA) is 54.5 Å². The van der Waals surface area contributed by atoms with Gasteiger partial charge in [0.2, 0.25) is 0 Å². The van der Waals surface area contributed by atoms with Gasteiger partial charge >= 0.3 is 0 Å². The van der Waals surface area contributed by atoms with Gasteiger partial charge in [-0.1, -0.05) is 55.8 Å². The summed E-state index contributed by atoms with van der Waals surface area (Å²) in [5.41, 5.74) is 7.03. The fraction of sp³-hybridized carbons (Fsp3) is 0.240. The number of nitrogens with zero attached hydrogens (tertiary/aromatic N) is 4. The zero-order valence-corrected chi connectivity index (χ0v) is 16.9. The van der Waals surface area contributed by atoms with Gasteiger partial charge in [-0.05, 0) is 47.7 Å². The van der Waals surface area contributed by atoms with E-state index in [0.29, 0.717) is 5.56 Å². The number of aryl methyl sites for hydroxylation is 2. The van der Waals surface area contributed by atoms with Crippen molar-refractivity contribution in [1.29, 1.82) is 5.26 Å². The molecule has 0 spiro atoms. The molecule has 0 aliphatic carbocycles. The van der Waals surface area contributed by atoms with Gasteiger partial charge < -0.3 is 4.57 Å². The Morgan fingerprint density at radius 1 is 1.03 bits per heavy atom. The molecule has 4 heteroatoms. The molecule has 4 aromatic rings. The molecule has 4 rings (SSSR count). The van der Waals surface area contributed by atoms with Gasteiger partial charge in [0.1, 0.15) is 11.3 Å². The van der Waals surface area contributed by atoms with Crippen molar-refractivity contribution in [3.05, 3.63) is 83.3 Å². The summed E-state index contributed by atoms with van der Waals surface area (Å²) >= 11 is 0. The first kappa shape index (κ1) is 18.9. The zero-order valence-electron chi connectivity index (χ0n) is 16.9. The summed E-state index contributed by atoms with van der Waals surface area (Å²) in [4.78, 5) is 9.52. The third-order valence-electron chi connectivity index (χ3n) is 5.32. The number of fused-ring (bicyclic) bond motifs is 1. The summed E-state index contributed by atoms with van der Waals surface area (Å²) in [6, 6.07) is 20.5. The maximum atomic E-state index is 9.36. The SMILES string of the molecule is CCCCc1nc2c(C)ccnc2n1Cc1ccc(-c2ccccc2C#N)cc1. The smallest absolute Gasteiger partial charge is 0.160 e. The lowest BCUT2D eigenvalue weighted by molar-refractivity contribution is 0.686. The molecular formula is C25H24N4. The lowest BCUT2D eigenvalue weighted by atomic mass is 9.99. The summed E-state index contributed by atoms with van der Waals surface area (Å²) in [7, 11) is 0. The van der Waals surface area contributed by atoms with Gasteiger partial charge in [0.15, 0.2) is 5.65 Å². The van der Waals surface area contributed by atoms with Gasteiger partial charge in [-0.2, -0.15) is 5.26 Å². The van der Waals surface area contributed by atoms with Crippen molar-refractivity contribution in [2.75, 3.05) is 0 Å². The highest BCUT2D eigenvalue weighted by molar-refractivity contribution is 5.75. The van der Waals surface area contributed by atoms with E-state index in [2.05, 4.69) is 53.7 Å². The van der Waals surface area contributed by atoms with Gasteiger partial charge in [-0.25, -0.2) is 9.97 Å². The molecule has 0 unspecified atom stereocenters. The number of rotatable bonds is 6. The molecule has 0 aliphatic rings. The Morgan fingerprint density at radius 3 is 2.59 bits per heavy atom. The molecule has 0 N–H and O–H groups in total. The molecule has 4 nitrogen and oxygen atoms in total. The van der Waals surface area contributed by atoms with Crippen LogP contribution in [0.1, 0.15) is 42.3 Å². The minimum atomic E-state index is 0.697. The minimum Gasteiger partial charge on any atom is -0.308 e.